The summed E-state index contributed by atoms with van der Waals surface area (Å²) in [4.78, 5) is 11.8. The van der Waals surface area contributed by atoms with Crippen LogP contribution in [0.4, 0.5) is 0 Å². The number of nitrogens with one attached hydrogen (secondary N) is 2. The fraction of sp³-hybridized carbons (Fsp3) is 0.533. The molecular formula is C15H23ClN2O2. The fourth-order valence-electron chi connectivity index (χ4n) is 2.38. The molecule has 1 atom stereocenters. The highest BCUT2D eigenvalue weighted by Crippen LogP contribution is 2.19. The molecule has 0 saturated carbocycles. The van der Waals surface area contributed by atoms with Crippen LogP contribution in [0, 0.1) is 6.92 Å². The fourth-order valence-corrected chi connectivity index (χ4v) is 2.38. The van der Waals surface area contributed by atoms with Gasteiger partial charge in [0.25, 0.3) is 0 Å². The van der Waals surface area contributed by atoms with Crippen molar-refractivity contribution in [3.8, 4) is 5.75 Å². The van der Waals surface area contributed by atoms with Gasteiger partial charge < -0.3 is 15.4 Å². The predicted octanol–water partition coefficient (Wildman–Crippen LogP) is 1.84. The minimum atomic E-state index is 0. The lowest BCUT2D eigenvalue weighted by Crippen LogP contribution is -2.41. The maximum absolute atomic E-state index is 11.8. The Kier molecular flexibility index (Phi) is 6.82. The van der Waals surface area contributed by atoms with Gasteiger partial charge in [-0.25, -0.2) is 0 Å². The maximum atomic E-state index is 11.8. The van der Waals surface area contributed by atoms with Crippen LogP contribution in [0.5, 0.6) is 5.75 Å². The number of benzene rings is 1. The first-order chi connectivity index (χ1) is 9.20. The molecule has 1 fully saturated rings. The molecule has 0 radical (unpaired) electrons. The second-order valence-electron chi connectivity index (χ2n) is 4.99. The summed E-state index contributed by atoms with van der Waals surface area (Å²) >= 11 is 0. The van der Waals surface area contributed by atoms with Crippen molar-refractivity contribution in [3.05, 3.63) is 29.3 Å². The predicted molar refractivity (Wildman–Crippen MR) is 82.7 cm³/mol. The molecule has 1 aliphatic heterocycles. The highest BCUT2D eigenvalue weighted by atomic mass is 35.5. The van der Waals surface area contributed by atoms with Crippen molar-refractivity contribution in [1.82, 2.24) is 10.6 Å². The first kappa shape index (κ1) is 16.8. The molecule has 0 aliphatic carbocycles. The van der Waals surface area contributed by atoms with E-state index in [9.17, 15) is 4.79 Å². The number of rotatable bonds is 5. The van der Waals surface area contributed by atoms with Crippen molar-refractivity contribution in [1.29, 1.82) is 0 Å². The van der Waals surface area contributed by atoms with Crippen molar-refractivity contribution < 1.29 is 9.53 Å². The van der Waals surface area contributed by atoms with Gasteiger partial charge in [0.2, 0.25) is 5.91 Å². The van der Waals surface area contributed by atoms with Crippen LogP contribution in [0.1, 0.15) is 24.0 Å². The third-order valence-corrected chi connectivity index (χ3v) is 3.56. The zero-order valence-corrected chi connectivity index (χ0v) is 12.9. The van der Waals surface area contributed by atoms with E-state index >= 15 is 0 Å². The molecule has 1 saturated heterocycles. The molecule has 1 amide bonds. The molecule has 0 aromatic heterocycles. The van der Waals surface area contributed by atoms with Crippen LogP contribution in [0.25, 0.3) is 0 Å². The van der Waals surface area contributed by atoms with Gasteiger partial charge in [0.15, 0.2) is 0 Å². The number of halogens is 1. The zero-order chi connectivity index (χ0) is 13.7. The van der Waals surface area contributed by atoms with E-state index in [1.807, 2.05) is 13.0 Å². The van der Waals surface area contributed by atoms with Crippen molar-refractivity contribution in [3.63, 3.8) is 0 Å². The minimum absolute atomic E-state index is 0. The number of methoxy groups -OCH3 is 1. The van der Waals surface area contributed by atoms with Crippen LogP contribution in [0.2, 0.25) is 0 Å². The van der Waals surface area contributed by atoms with Crippen LogP contribution < -0.4 is 15.4 Å². The Balaban J connectivity index is 0.00000200. The van der Waals surface area contributed by atoms with E-state index in [-0.39, 0.29) is 24.4 Å². The van der Waals surface area contributed by atoms with E-state index in [0.717, 1.165) is 37.1 Å². The van der Waals surface area contributed by atoms with E-state index in [2.05, 4.69) is 22.8 Å². The first-order valence-corrected chi connectivity index (χ1v) is 6.85. The van der Waals surface area contributed by atoms with Crippen LogP contribution in [-0.2, 0) is 11.2 Å². The lowest BCUT2D eigenvalue weighted by atomic mass is 10.1. The van der Waals surface area contributed by atoms with Crippen LogP contribution in [-0.4, -0.2) is 32.1 Å². The molecule has 5 heteroatoms. The van der Waals surface area contributed by atoms with Crippen molar-refractivity contribution >= 4 is 18.3 Å². The van der Waals surface area contributed by atoms with Gasteiger partial charge in [-0.1, -0.05) is 12.1 Å². The Morgan fingerprint density at radius 1 is 1.50 bits per heavy atom. The summed E-state index contributed by atoms with van der Waals surface area (Å²) in [6.07, 6.45) is 2.87. The smallest absolute Gasteiger partial charge is 0.237 e. The van der Waals surface area contributed by atoms with Crippen LogP contribution >= 0.6 is 12.4 Å². The maximum Gasteiger partial charge on any atom is 0.237 e. The number of ether oxygens (including phenoxy) is 1. The molecule has 112 valence electrons. The summed E-state index contributed by atoms with van der Waals surface area (Å²) < 4.78 is 5.30. The van der Waals surface area contributed by atoms with Gasteiger partial charge in [0.05, 0.1) is 13.2 Å². The second kappa shape index (κ2) is 8.12. The average Bonchev–Trinajstić information content (AvgIpc) is 2.94. The lowest BCUT2D eigenvalue weighted by Gasteiger charge is -2.12. The van der Waals surface area contributed by atoms with Gasteiger partial charge in [-0.3, -0.25) is 4.79 Å². The van der Waals surface area contributed by atoms with Gasteiger partial charge in [-0.2, -0.15) is 0 Å². The van der Waals surface area contributed by atoms with Crippen LogP contribution in [0.15, 0.2) is 18.2 Å². The summed E-state index contributed by atoms with van der Waals surface area (Å²) in [5.74, 6) is 1.03. The third kappa shape index (κ3) is 4.39. The summed E-state index contributed by atoms with van der Waals surface area (Å²) in [6, 6.07) is 6.18. The van der Waals surface area contributed by atoms with E-state index in [0.29, 0.717) is 6.54 Å². The average molecular weight is 299 g/mol. The summed E-state index contributed by atoms with van der Waals surface area (Å²) in [5, 5.41) is 6.18. The van der Waals surface area contributed by atoms with Gasteiger partial charge in [0.1, 0.15) is 5.75 Å². The molecule has 1 unspecified atom stereocenters. The van der Waals surface area contributed by atoms with Gasteiger partial charge in [-0.05, 0) is 49.9 Å². The van der Waals surface area contributed by atoms with E-state index in [1.165, 1.54) is 5.56 Å². The van der Waals surface area contributed by atoms with Gasteiger partial charge in [0, 0.05) is 6.54 Å². The van der Waals surface area contributed by atoms with Crippen molar-refractivity contribution in [2.45, 2.75) is 32.2 Å². The SMILES string of the molecule is COc1cc(CCNC(=O)C2CCCN2)ccc1C.Cl. The summed E-state index contributed by atoms with van der Waals surface area (Å²) in [6.45, 7) is 3.65. The van der Waals surface area contributed by atoms with E-state index in [4.69, 9.17) is 4.74 Å². The molecule has 1 aromatic rings. The molecule has 2 rings (SSSR count). The molecule has 4 nitrogen and oxygen atoms in total. The highest BCUT2D eigenvalue weighted by Gasteiger charge is 2.21. The Bertz CT molecular complexity index is 445. The van der Waals surface area contributed by atoms with Crippen LogP contribution in [0.3, 0.4) is 0 Å². The third-order valence-electron chi connectivity index (χ3n) is 3.56. The largest absolute Gasteiger partial charge is 0.496 e. The molecule has 1 aliphatic rings. The standard InChI is InChI=1S/C15H22N2O2.ClH/c1-11-5-6-12(10-14(11)19-2)7-9-17-15(18)13-4-3-8-16-13;/h5-6,10,13,16H,3-4,7-9H2,1-2H3,(H,17,18);1H. The van der Waals surface area contributed by atoms with Gasteiger partial charge >= 0.3 is 0 Å². The molecule has 1 heterocycles. The molecule has 0 spiro atoms. The summed E-state index contributed by atoms with van der Waals surface area (Å²) in [7, 11) is 1.68. The number of carbonyl (C=O) groups is 1. The second-order valence-corrected chi connectivity index (χ2v) is 4.99. The Morgan fingerprint density at radius 3 is 2.95 bits per heavy atom. The monoisotopic (exact) mass is 298 g/mol. The molecule has 0 bridgehead atoms. The number of aryl methyl sites for hydroxylation is 1. The molecule has 1 aromatic carbocycles. The molecule has 20 heavy (non-hydrogen) atoms. The Labute approximate surface area is 126 Å². The zero-order valence-electron chi connectivity index (χ0n) is 12.1. The molecular weight excluding hydrogens is 276 g/mol. The van der Waals surface area contributed by atoms with E-state index < -0.39 is 0 Å². The normalized spacial score (nSPS) is 17.4. The Morgan fingerprint density at radius 2 is 2.30 bits per heavy atom. The minimum Gasteiger partial charge on any atom is -0.496 e. The van der Waals surface area contributed by atoms with Gasteiger partial charge in [-0.15, -0.1) is 12.4 Å². The summed E-state index contributed by atoms with van der Waals surface area (Å²) in [5.41, 5.74) is 2.31. The number of hydrogen-bond acceptors (Lipinski definition) is 3. The number of carbonyl (C=O) groups excluding carboxylic acids is 1. The van der Waals surface area contributed by atoms with E-state index in [1.54, 1.807) is 7.11 Å². The topological polar surface area (TPSA) is 50.4 Å². The number of hydrogen-bond donors (Lipinski definition) is 2. The number of amides is 1. The lowest BCUT2D eigenvalue weighted by molar-refractivity contribution is -0.122. The quantitative estimate of drug-likeness (QED) is 0.872. The van der Waals surface area contributed by atoms with Crippen molar-refractivity contribution in [2.24, 2.45) is 0 Å². The highest BCUT2D eigenvalue weighted by molar-refractivity contribution is 5.85. The molecule has 2 N–H and O–H groups in total. The Hall–Kier alpha value is -1.26. The first-order valence-electron chi connectivity index (χ1n) is 6.85. The van der Waals surface area contributed by atoms with Crippen molar-refractivity contribution in [2.75, 3.05) is 20.2 Å².